The number of aliphatic carboxylic acids is 1. The Morgan fingerprint density at radius 1 is 0.491 bits per heavy atom. The second-order valence-electron chi connectivity index (χ2n) is 31.0. The molecule has 0 aromatic rings. The number of hydrogen-bond donors (Lipinski definition) is 14. The number of carbonyl (C=O) groups is 3. The highest BCUT2D eigenvalue weighted by molar-refractivity contribution is 5.77. The second-order valence-corrected chi connectivity index (χ2v) is 31.0. The van der Waals surface area contributed by atoms with Gasteiger partial charge in [-0.1, -0.05) is 308 Å². The van der Waals surface area contributed by atoms with Gasteiger partial charge in [-0.05, 0) is 44.9 Å². The molecule has 14 N–H and O–H groups in total. The van der Waals surface area contributed by atoms with Gasteiger partial charge in [0.1, 0.15) is 67.1 Å². The lowest BCUT2D eigenvalue weighted by Gasteiger charge is -2.50. The van der Waals surface area contributed by atoms with Gasteiger partial charge < -0.3 is 100 Å². The van der Waals surface area contributed by atoms with E-state index in [9.17, 15) is 75.7 Å². The van der Waals surface area contributed by atoms with Crippen LogP contribution in [0.1, 0.15) is 348 Å². The third kappa shape index (κ3) is 41.1. The average Bonchev–Trinajstić information content (AvgIpc) is 0.755. The fraction of sp³-hybridized carbons (Fsp3) is 0.916. The van der Waals surface area contributed by atoms with Crippen LogP contribution in [0.4, 0.5) is 0 Å². The molecule has 0 aliphatic carbocycles. The number of aliphatic hydroxyl groups is 11. The molecule has 622 valence electrons. The van der Waals surface area contributed by atoms with E-state index in [2.05, 4.69) is 48.8 Å². The highest BCUT2D eigenvalue weighted by atomic mass is 16.8. The highest BCUT2D eigenvalue weighted by Crippen LogP contribution is 2.39. The first-order valence-corrected chi connectivity index (χ1v) is 42.7. The van der Waals surface area contributed by atoms with Crippen molar-refractivity contribution in [1.82, 2.24) is 10.6 Å². The van der Waals surface area contributed by atoms with Gasteiger partial charge in [-0.2, -0.15) is 0 Å². The molecule has 3 aliphatic heterocycles. The van der Waals surface area contributed by atoms with Crippen LogP contribution in [0.3, 0.4) is 0 Å². The van der Waals surface area contributed by atoms with E-state index in [0.717, 1.165) is 64.7 Å². The number of allylic oxidation sites excluding steroid dienone is 4. The predicted octanol–water partition coefficient (Wildman–Crippen LogP) is 12.3. The standard InChI is InChI=1S/C83H154N2O21/c1-4-6-8-10-12-14-16-18-19-20-21-22-23-24-25-26-27-28-29-30-31-32-33-34-35-36-37-38-39-40-41-42-43-45-47-49-51-53-55-57-70(93)85-64(65(90)56-54-52-50-48-46-44-17-15-13-11-9-7-5-2)62-101-80-75(97)74(96)77(69(61-88)103-80)104-81-76(98)79(73(95)68(60-87)102-81)106-83(82(99)100)58-66(91)71(84-63(3)89)78(105-83)72(94)67(92)59-86/h27-28,30-31,64-69,71-81,86-88,90-92,94-98H,4-26,29,32-62H2,1-3H3,(H,84,89)(H,85,93)(H,99,100)/b28-27-,31-30-. The van der Waals surface area contributed by atoms with E-state index in [-0.39, 0.29) is 18.9 Å². The Morgan fingerprint density at radius 2 is 0.906 bits per heavy atom. The van der Waals surface area contributed by atoms with Gasteiger partial charge in [-0.3, -0.25) is 9.59 Å². The van der Waals surface area contributed by atoms with Crippen LogP contribution in [-0.4, -0.2) is 215 Å². The smallest absolute Gasteiger partial charge is 0.364 e. The number of carbonyl (C=O) groups excluding carboxylic acids is 2. The minimum Gasteiger partial charge on any atom is -0.477 e. The molecule has 23 nitrogen and oxygen atoms in total. The van der Waals surface area contributed by atoms with Crippen LogP contribution in [0.2, 0.25) is 0 Å². The first kappa shape index (κ1) is 97.4. The van der Waals surface area contributed by atoms with Crippen LogP contribution in [0.15, 0.2) is 24.3 Å². The van der Waals surface area contributed by atoms with Crippen molar-refractivity contribution in [2.24, 2.45) is 0 Å². The van der Waals surface area contributed by atoms with E-state index in [0.29, 0.717) is 19.3 Å². The number of carboxylic acid groups (broad SMARTS) is 1. The van der Waals surface area contributed by atoms with Gasteiger partial charge >= 0.3 is 5.97 Å². The molecule has 0 saturated carbocycles. The second kappa shape index (κ2) is 61.8. The summed E-state index contributed by atoms with van der Waals surface area (Å²) >= 11 is 0. The van der Waals surface area contributed by atoms with Crippen molar-refractivity contribution in [2.45, 2.75) is 458 Å². The molecular weight excluding hydrogens is 1360 g/mol. The quantitative estimate of drug-likeness (QED) is 0.0199. The molecule has 106 heavy (non-hydrogen) atoms. The molecule has 0 radical (unpaired) electrons. The summed E-state index contributed by atoms with van der Waals surface area (Å²) in [6.07, 6.45) is 40.8. The Kier molecular flexibility index (Phi) is 56.7. The van der Waals surface area contributed by atoms with Crippen molar-refractivity contribution in [3.05, 3.63) is 24.3 Å². The molecule has 23 heteroatoms. The summed E-state index contributed by atoms with van der Waals surface area (Å²) < 4.78 is 34.9. The largest absolute Gasteiger partial charge is 0.477 e. The van der Waals surface area contributed by atoms with E-state index in [1.54, 1.807) is 0 Å². The molecule has 2 amide bonds. The van der Waals surface area contributed by atoms with Crippen molar-refractivity contribution in [3.63, 3.8) is 0 Å². The number of aliphatic hydroxyl groups excluding tert-OH is 11. The molecule has 0 bridgehead atoms. The SMILES string of the molecule is CCCCCCCCCCCCCCCCC/C=C\C/C=C\CCCCCCCCCCCCCCCCCCCC(=O)NC(COC1OC(CO)C(OC2OC(CO)C(O)C(OC3(C(=O)O)CC(O)C(NC(C)=O)C(C(O)C(O)CO)O3)C2O)C(O)C1O)C(O)CCCCCCCCCCCCCCC. The van der Waals surface area contributed by atoms with Crippen LogP contribution in [0.5, 0.6) is 0 Å². The molecule has 3 fully saturated rings. The zero-order chi connectivity index (χ0) is 77.4. The fourth-order valence-electron chi connectivity index (χ4n) is 14.9. The summed E-state index contributed by atoms with van der Waals surface area (Å²) in [5.41, 5.74) is 0. The Bertz CT molecular complexity index is 2200. The topological polar surface area (TPSA) is 373 Å². The van der Waals surface area contributed by atoms with E-state index < -0.39 is 148 Å². The summed E-state index contributed by atoms with van der Waals surface area (Å²) in [4.78, 5) is 38.7. The van der Waals surface area contributed by atoms with Gasteiger partial charge in [-0.15, -0.1) is 0 Å². The Hall–Kier alpha value is -2.79. The summed E-state index contributed by atoms with van der Waals surface area (Å²) in [6.45, 7) is 2.24. The zero-order valence-electron chi connectivity index (χ0n) is 66.1. The van der Waals surface area contributed by atoms with Crippen molar-refractivity contribution in [1.29, 1.82) is 0 Å². The van der Waals surface area contributed by atoms with Crippen molar-refractivity contribution < 1.29 is 104 Å². The maximum atomic E-state index is 13.5. The Morgan fingerprint density at radius 3 is 1.32 bits per heavy atom. The first-order chi connectivity index (χ1) is 51.4. The van der Waals surface area contributed by atoms with E-state index in [4.69, 9.17) is 28.4 Å². The molecular formula is C83H154N2O21. The summed E-state index contributed by atoms with van der Waals surface area (Å²) in [5, 5.41) is 136. The lowest BCUT2D eigenvalue weighted by molar-refractivity contribution is -0.386. The van der Waals surface area contributed by atoms with E-state index >= 15 is 0 Å². The summed E-state index contributed by atoms with van der Waals surface area (Å²) in [5.74, 6) is -6.10. The fourth-order valence-corrected chi connectivity index (χ4v) is 14.9. The third-order valence-electron chi connectivity index (χ3n) is 21.7. The van der Waals surface area contributed by atoms with Gasteiger partial charge in [0.15, 0.2) is 12.6 Å². The van der Waals surface area contributed by atoms with Crippen LogP contribution >= 0.6 is 0 Å². The van der Waals surface area contributed by atoms with Gasteiger partial charge in [0.2, 0.25) is 11.8 Å². The maximum absolute atomic E-state index is 13.5. The number of ether oxygens (including phenoxy) is 6. The third-order valence-corrected chi connectivity index (χ3v) is 21.7. The normalized spacial score (nSPS) is 26.2. The predicted molar refractivity (Wildman–Crippen MR) is 412 cm³/mol. The molecule has 3 rings (SSSR count). The van der Waals surface area contributed by atoms with Crippen molar-refractivity contribution in [2.75, 3.05) is 26.4 Å². The molecule has 0 aromatic carbocycles. The molecule has 3 aliphatic rings. The van der Waals surface area contributed by atoms with Gasteiger partial charge in [0.05, 0.1) is 50.7 Å². The highest BCUT2D eigenvalue weighted by Gasteiger charge is 2.60. The van der Waals surface area contributed by atoms with Crippen LogP contribution in [-0.2, 0) is 42.8 Å². The van der Waals surface area contributed by atoms with Crippen molar-refractivity contribution >= 4 is 17.8 Å². The number of rotatable bonds is 68. The average molecular weight is 1520 g/mol. The van der Waals surface area contributed by atoms with Crippen LogP contribution < -0.4 is 10.6 Å². The number of hydrogen-bond acceptors (Lipinski definition) is 20. The van der Waals surface area contributed by atoms with Crippen molar-refractivity contribution in [3.8, 4) is 0 Å². The summed E-state index contributed by atoms with van der Waals surface area (Å²) in [6, 6.07) is -2.53. The maximum Gasteiger partial charge on any atom is 0.364 e. The minimum atomic E-state index is -3.08. The number of nitrogens with one attached hydrogen (secondary N) is 2. The summed E-state index contributed by atoms with van der Waals surface area (Å²) in [7, 11) is 0. The van der Waals surface area contributed by atoms with E-state index in [1.807, 2.05) is 0 Å². The monoisotopic (exact) mass is 1520 g/mol. The Balaban J connectivity index is 1.38. The van der Waals surface area contributed by atoms with E-state index in [1.165, 1.54) is 238 Å². The van der Waals surface area contributed by atoms with Crippen LogP contribution in [0, 0.1) is 0 Å². The molecule has 18 unspecified atom stereocenters. The zero-order valence-corrected chi connectivity index (χ0v) is 66.1. The molecule has 18 atom stereocenters. The van der Waals surface area contributed by atoms with Gasteiger partial charge in [0, 0.05) is 19.8 Å². The lowest BCUT2D eigenvalue weighted by Crippen LogP contribution is -2.70. The lowest BCUT2D eigenvalue weighted by atomic mass is 9.88. The van der Waals surface area contributed by atoms with Gasteiger partial charge in [0.25, 0.3) is 5.79 Å². The molecule has 3 heterocycles. The minimum absolute atomic E-state index is 0.225. The number of carboxylic acids is 1. The Labute approximate surface area is 638 Å². The molecule has 0 spiro atoms. The first-order valence-electron chi connectivity index (χ1n) is 42.7. The molecule has 3 saturated heterocycles. The number of unbranched alkanes of at least 4 members (excludes halogenated alkanes) is 44. The number of amides is 2. The molecule has 0 aromatic heterocycles. The van der Waals surface area contributed by atoms with Crippen LogP contribution in [0.25, 0.3) is 0 Å². The van der Waals surface area contributed by atoms with Gasteiger partial charge in [-0.25, -0.2) is 4.79 Å².